The zero-order chi connectivity index (χ0) is 14.0. The summed E-state index contributed by atoms with van der Waals surface area (Å²) in [6.07, 6.45) is 1.08. The number of rotatable bonds is 5. The summed E-state index contributed by atoms with van der Waals surface area (Å²) in [7, 11) is 0. The molecule has 94 valence electrons. The molecular weight excluding hydrogens is 232 g/mol. The smallest absolute Gasteiger partial charge is 0.328 e. The predicted molar refractivity (Wildman–Crippen MR) is 56.6 cm³/mol. The second-order valence-corrected chi connectivity index (χ2v) is 2.61. The summed E-state index contributed by atoms with van der Waals surface area (Å²) >= 11 is 0. The maximum Gasteiger partial charge on any atom is 0.328 e. The number of carboxylic acids is 2. The predicted octanol–water partition coefficient (Wildman–Crippen LogP) is -1.38. The summed E-state index contributed by atoms with van der Waals surface area (Å²) in [6.45, 7) is 3.14. The Morgan fingerprint density at radius 3 is 1.65 bits per heavy atom. The minimum Gasteiger partial charge on any atom is -0.481 e. The van der Waals surface area contributed by atoms with Crippen LogP contribution in [-0.2, 0) is 19.2 Å². The van der Waals surface area contributed by atoms with Crippen molar-refractivity contribution in [3.63, 3.8) is 0 Å². The fraction of sp³-hybridized carbons (Fsp3) is 0.111. The molecule has 0 bridgehead atoms. The first-order valence-corrected chi connectivity index (χ1v) is 4.06. The van der Waals surface area contributed by atoms with Crippen molar-refractivity contribution in [2.45, 2.75) is 6.42 Å². The molecule has 0 atom stereocenters. The van der Waals surface area contributed by atoms with Gasteiger partial charge in [-0.05, 0) is 0 Å². The highest BCUT2D eigenvalue weighted by Crippen LogP contribution is 1.94. The summed E-state index contributed by atoms with van der Waals surface area (Å²) in [6, 6.07) is 0. The van der Waals surface area contributed by atoms with Crippen LogP contribution in [0.25, 0.3) is 0 Å². The second kappa shape index (κ2) is 8.65. The van der Waals surface area contributed by atoms with E-state index in [0.717, 1.165) is 6.08 Å². The van der Waals surface area contributed by atoms with Crippen molar-refractivity contribution in [2.24, 2.45) is 11.5 Å². The zero-order valence-corrected chi connectivity index (χ0v) is 8.75. The van der Waals surface area contributed by atoms with Crippen molar-refractivity contribution >= 4 is 23.8 Å². The Balaban J connectivity index is 0. The quantitative estimate of drug-likeness (QED) is 0.435. The van der Waals surface area contributed by atoms with Gasteiger partial charge in [0.1, 0.15) is 0 Å². The highest BCUT2D eigenvalue weighted by molar-refractivity contribution is 5.95. The van der Waals surface area contributed by atoms with E-state index in [1.165, 1.54) is 0 Å². The molecule has 2 amide bonds. The van der Waals surface area contributed by atoms with Gasteiger partial charge in [0.2, 0.25) is 11.8 Å². The molecule has 0 saturated heterocycles. The monoisotopic (exact) mass is 244 g/mol. The van der Waals surface area contributed by atoms with E-state index < -0.39 is 23.8 Å². The van der Waals surface area contributed by atoms with Crippen LogP contribution in [0, 0.1) is 0 Å². The summed E-state index contributed by atoms with van der Waals surface area (Å²) in [5.41, 5.74) is 9.15. The normalized spacial score (nSPS) is 8.94. The van der Waals surface area contributed by atoms with Crippen LogP contribution >= 0.6 is 0 Å². The Kier molecular flexibility index (Phi) is 8.54. The zero-order valence-electron chi connectivity index (χ0n) is 8.75. The number of primary amides is 2. The molecule has 0 heterocycles. The molecule has 0 aliphatic heterocycles. The number of hydrogen-bond donors (Lipinski definition) is 4. The average molecular weight is 244 g/mol. The molecule has 17 heavy (non-hydrogen) atoms. The van der Waals surface area contributed by atoms with Crippen LogP contribution in [0.1, 0.15) is 6.42 Å². The number of carbonyl (C=O) groups excluding carboxylic acids is 2. The van der Waals surface area contributed by atoms with Crippen molar-refractivity contribution < 1.29 is 29.4 Å². The first-order chi connectivity index (χ1) is 7.66. The largest absolute Gasteiger partial charge is 0.481 e. The molecule has 0 radical (unpaired) electrons. The summed E-state index contributed by atoms with van der Waals surface area (Å²) in [5, 5.41) is 15.9. The van der Waals surface area contributed by atoms with Gasteiger partial charge in [-0.2, -0.15) is 0 Å². The van der Waals surface area contributed by atoms with Crippen molar-refractivity contribution in [1.29, 1.82) is 0 Å². The Bertz CT molecular complexity index is 356. The van der Waals surface area contributed by atoms with Crippen LogP contribution in [0.3, 0.4) is 0 Å². The molecule has 0 aliphatic carbocycles. The summed E-state index contributed by atoms with van der Waals surface area (Å²) < 4.78 is 0. The van der Waals surface area contributed by atoms with Gasteiger partial charge < -0.3 is 21.7 Å². The third-order valence-electron chi connectivity index (χ3n) is 1.10. The van der Waals surface area contributed by atoms with Crippen molar-refractivity contribution in [1.82, 2.24) is 0 Å². The number of carboxylic acid groups (broad SMARTS) is 2. The Labute approximate surface area is 96.2 Å². The maximum absolute atomic E-state index is 10.1. The summed E-state index contributed by atoms with van der Waals surface area (Å²) in [5.74, 6) is -3.80. The molecule has 0 unspecified atom stereocenters. The lowest BCUT2D eigenvalue weighted by atomic mass is 10.2. The minimum absolute atomic E-state index is 0.0810. The van der Waals surface area contributed by atoms with Crippen LogP contribution in [0.4, 0.5) is 0 Å². The fourth-order valence-electron chi connectivity index (χ4n) is 0.423. The van der Waals surface area contributed by atoms with Crippen LogP contribution in [0.15, 0.2) is 24.3 Å². The topological polar surface area (TPSA) is 161 Å². The van der Waals surface area contributed by atoms with E-state index in [9.17, 15) is 19.2 Å². The Morgan fingerprint density at radius 1 is 1.06 bits per heavy atom. The molecule has 6 N–H and O–H groups in total. The van der Waals surface area contributed by atoms with E-state index in [0.29, 0.717) is 6.08 Å². The van der Waals surface area contributed by atoms with Gasteiger partial charge in [0.05, 0.1) is 6.42 Å². The van der Waals surface area contributed by atoms with Crippen LogP contribution in [0.5, 0.6) is 0 Å². The van der Waals surface area contributed by atoms with Gasteiger partial charge in [-0.15, -0.1) is 0 Å². The molecular formula is C9H12N2O6. The Morgan fingerprint density at radius 2 is 1.53 bits per heavy atom. The second-order valence-electron chi connectivity index (χ2n) is 2.61. The van der Waals surface area contributed by atoms with Crippen LogP contribution in [-0.4, -0.2) is 34.0 Å². The van der Waals surface area contributed by atoms with Gasteiger partial charge in [0, 0.05) is 17.7 Å². The standard InChI is InChI=1S/C5H7NO3.C4H5NO3/c1-3(5(6)9)2-4(7)8;5-3(6)1-2-4(7)8/h1-2H2,(H2,6,9)(H,7,8);1-2H,(H2,5,6)(H,7,8)/b;2-1-. The lowest BCUT2D eigenvalue weighted by Gasteiger charge is -1.92. The highest BCUT2D eigenvalue weighted by Gasteiger charge is 2.05. The van der Waals surface area contributed by atoms with Crippen molar-refractivity contribution in [3.05, 3.63) is 24.3 Å². The lowest BCUT2D eigenvalue weighted by Crippen LogP contribution is -2.15. The van der Waals surface area contributed by atoms with Crippen molar-refractivity contribution in [2.75, 3.05) is 0 Å². The molecule has 8 heteroatoms. The molecule has 0 fully saturated rings. The molecule has 0 aromatic heterocycles. The number of hydrogen-bond acceptors (Lipinski definition) is 4. The molecule has 8 nitrogen and oxygen atoms in total. The van der Waals surface area contributed by atoms with Gasteiger partial charge in [-0.3, -0.25) is 14.4 Å². The van der Waals surface area contributed by atoms with E-state index in [-0.39, 0.29) is 12.0 Å². The molecule has 0 aliphatic rings. The third-order valence-corrected chi connectivity index (χ3v) is 1.10. The first kappa shape index (κ1) is 16.8. The van der Waals surface area contributed by atoms with E-state index in [4.69, 9.17) is 10.2 Å². The average Bonchev–Trinajstić information content (AvgIpc) is 2.14. The van der Waals surface area contributed by atoms with Crippen LogP contribution < -0.4 is 11.5 Å². The van der Waals surface area contributed by atoms with E-state index in [2.05, 4.69) is 18.0 Å². The third kappa shape index (κ3) is 16.1. The molecule has 0 spiro atoms. The van der Waals surface area contributed by atoms with Gasteiger partial charge in [-0.1, -0.05) is 6.58 Å². The molecule has 0 aromatic carbocycles. The first-order valence-electron chi connectivity index (χ1n) is 4.06. The highest BCUT2D eigenvalue weighted by atomic mass is 16.4. The van der Waals surface area contributed by atoms with Gasteiger partial charge in [0.25, 0.3) is 0 Å². The molecule has 0 saturated carbocycles. The summed E-state index contributed by atoms with van der Waals surface area (Å²) in [4.78, 5) is 39.3. The number of carbonyl (C=O) groups is 4. The minimum atomic E-state index is -1.18. The van der Waals surface area contributed by atoms with Crippen molar-refractivity contribution in [3.8, 4) is 0 Å². The van der Waals surface area contributed by atoms with E-state index >= 15 is 0 Å². The molecule has 0 aromatic rings. The Hall–Kier alpha value is -2.64. The molecule has 0 rings (SSSR count). The van der Waals surface area contributed by atoms with Gasteiger partial charge in [-0.25, -0.2) is 4.79 Å². The number of nitrogens with two attached hydrogens (primary N) is 2. The van der Waals surface area contributed by atoms with Crippen LogP contribution in [0.2, 0.25) is 0 Å². The van der Waals surface area contributed by atoms with Gasteiger partial charge in [0.15, 0.2) is 0 Å². The number of amides is 2. The van der Waals surface area contributed by atoms with Gasteiger partial charge >= 0.3 is 11.9 Å². The SMILES string of the molecule is C=C(CC(=O)O)C(N)=O.NC(=O)/C=C\C(=O)O. The lowest BCUT2D eigenvalue weighted by molar-refractivity contribution is -0.137. The van der Waals surface area contributed by atoms with E-state index in [1.54, 1.807) is 0 Å². The fourth-order valence-corrected chi connectivity index (χ4v) is 0.423. The number of aliphatic carboxylic acids is 2. The maximum atomic E-state index is 10.1. The van der Waals surface area contributed by atoms with E-state index in [1.807, 2.05) is 0 Å².